The molecule has 2 aliphatic heterocycles. The predicted octanol–water partition coefficient (Wildman–Crippen LogP) is 3.07. The lowest BCUT2D eigenvalue weighted by atomic mass is 9.88. The van der Waals surface area contributed by atoms with Gasteiger partial charge in [0.15, 0.2) is 5.78 Å². The van der Waals surface area contributed by atoms with Crippen LogP contribution in [0.3, 0.4) is 0 Å². The van der Waals surface area contributed by atoms with Gasteiger partial charge in [0.05, 0.1) is 24.9 Å². The predicted molar refractivity (Wildman–Crippen MR) is 85.6 cm³/mol. The van der Waals surface area contributed by atoms with Gasteiger partial charge in [-0.15, -0.1) is 0 Å². The van der Waals surface area contributed by atoms with E-state index in [-0.39, 0.29) is 18.1 Å². The number of anilines is 1. The maximum absolute atomic E-state index is 13.8. The molecule has 0 aromatic heterocycles. The van der Waals surface area contributed by atoms with Gasteiger partial charge in [0, 0.05) is 11.6 Å². The van der Waals surface area contributed by atoms with E-state index in [0.717, 1.165) is 5.56 Å². The van der Waals surface area contributed by atoms with Crippen molar-refractivity contribution < 1.29 is 18.7 Å². The number of benzene rings is 2. The summed E-state index contributed by atoms with van der Waals surface area (Å²) in [5.74, 6) is -1.02. The van der Waals surface area contributed by atoms with E-state index in [0.29, 0.717) is 17.8 Å². The van der Waals surface area contributed by atoms with E-state index < -0.39 is 11.4 Å². The Bertz CT molecular complexity index is 862. The maximum Gasteiger partial charge on any atom is 0.276 e. The number of nitrogens with zero attached hydrogens (tertiary/aromatic N) is 1. The summed E-state index contributed by atoms with van der Waals surface area (Å²) < 4.78 is 19.4. The van der Waals surface area contributed by atoms with Crippen molar-refractivity contribution in [3.05, 3.63) is 77.8 Å². The summed E-state index contributed by atoms with van der Waals surface area (Å²) in [6, 6.07) is 13.7. The van der Waals surface area contributed by atoms with Crippen LogP contribution in [0.5, 0.6) is 0 Å². The molecule has 0 aliphatic carbocycles. The fraction of sp³-hybridized carbons (Fsp3) is 0.158. The van der Waals surface area contributed by atoms with Gasteiger partial charge >= 0.3 is 0 Å². The van der Waals surface area contributed by atoms with Crippen molar-refractivity contribution in [2.45, 2.75) is 18.6 Å². The summed E-state index contributed by atoms with van der Waals surface area (Å²) in [5.41, 5.74) is 0.461. The average molecular weight is 323 g/mol. The topological polar surface area (TPSA) is 46.6 Å². The van der Waals surface area contributed by atoms with Crippen LogP contribution in [0.4, 0.5) is 10.1 Å². The second-order valence-corrected chi connectivity index (χ2v) is 5.93. The zero-order valence-electron chi connectivity index (χ0n) is 12.7. The third kappa shape index (κ3) is 2.12. The van der Waals surface area contributed by atoms with E-state index in [9.17, 15) is 14.0 Å². The quantitative estimate of drug-likeness (QED) is 0.853. The van der Waals surface area contributed by atoms with Gasteiger partial charge in [-0.25, -0.2) is 4.39 Å². The molecule has 0 saturated carbocycles. The van der Waals surface area contributed by atoms with Crippen LogP contribution in [-0.2, 0) is 26.5 Å². The van der Waals surface area contributed by atoms with Crippen LogP contribution >= 0.6 is 0 Å². The van der Waals surface area contributed by atoms with E-state index in [1.54, 1.807) is 11.0 Å². The molecule has 1 spiro atoms. The lowest BCUT2D eigenvalue weighted by molar-refractivity contribution is -0.143. The highest BCUT2D eigenvalue weighted by molar-refractivity contribution is 6.10. The van der Waals surface area contributed by atoms with Crippen LogP contribution in [-0.4, -0.2) is 11.7 Å². The number of amides is 1. The monoisotopic (exact) mass is 323 g/mol. The standard InChI is InChI=1S/C19H14FNO3/c20-14-6-7-17-16(10-14)19(11-15(22)8-9-24-19)18(23)21(17)12-13-4-2-1-3-5-13/h1-10H,11-12H2. The molecule has 0 saturated heterocycles. The maximum atomic E-state index is 13.8. The fourth-order valence-corrected chi connectivity index (χ4v) is 3.29. The largest absolute Gasteiger partial charge is 0.480 e. The molecule has 0 radical (unpaired) electrons. The summed E-state index contributed by atoms with van der Waals surface area (Å²) >= 11 is 0. The smallest absolute Gasteiger partial charge is 0.276 e. The Morgan fingerprint density at radius 1 is 1.12 bits per heavy atom. The Balaban J connectivity index is 1.82. The summed E-state index contributed by atoms with van der Waals surface area (Å²) in [6.07, 6.45) is 2.39. The highest BCUT2D eigenvalue weighted by atomic mass is 19.1. The minimum absolute atomic E-state index is 0.121. The van der Waals surface area contributed by atoms with Gasteiger partial charge in [-0.1, -0.05) is 30.3 Å². The Hall–Kier alpha value is -2.95. The fourth-order valence-electron chi connectivity index (χ4n) is 3.29. The number of ether oxygens (including phenoxy) is 1. The van der Waals surface area contributed by atoms with E-state index in [2.05, 4.69) is 0 Å². The highest BCUT2D eigenvalue weighted by Gasteiger charge is 2.54. The molecule has 1 amide bonds. The summed E-state index contributed by atoms with van der Waals surface area (Å²) in [5, 5.41) is 0. The number of hydrogen-bond donors (Lipinski definition) is 0. The molecular formula is C19H14FNO3. The number of hydrogen-bond acceptors (Lipinski definition) is 3. The Morgan fingerprint density at radius 2 is 1.92 bits per heavy atom. The summed E-state index contributed by atoms with van der Waals surface area (Å²) in [7, 11) is 0. The van der Waals surface area contributed by atoms with Gasteiger partial charge in [0.25, 0.3) is 5.91 Å². The van der Waals surface area contributed by atoms with E-state index in [1.807, 2.05) is 30.3 Å². The van der Waals surface area contributed by atoms with Crippen molar-refractivity contribution in [2.75, 3.05) is 4.90 Å². The molecule has 2 heterocycles. The van der Waals surface area contributed by atoms with Crippen LogP contribution in [0.1, 0.15) is 17.5 Å². The first kappa shape index (κ1) is 14.6. The van der Waals surface area contributed by atoms with Gasteiger partial charge in [0.2, 0.25) is 5.60 Å². The molecule has 24 heavy (non-hydrogen) atoms. The molecule has 0 N–H and O–H groups in total. The number of halogens is 1. The number of carbonyl (C=O) groups excluding carboxylic acids is 2. The van der Waals surface area contributed by atoms with Gasteiger partial charge < -0.3 is 9.64 Å². The van der Waals surface area contributed by atoms with Gasteiger partial charge in [0.1, 0.15) is 5.82 Å². The number of ketones is 1. The van der Waals surface area contributed by atoms with Crippen LogP contribution in [0.2, 0.25) is 0 Å². The molecule has 4 nitrogen and oxygen atoms in total. The molecule has 1 unspecified atom stereocenters. The van der Waals surface area contributed by atoms with Crippen molar-refractivity contribution in [3.8, 4) is 0 Å². The van der Waals surface area contributed by atoms with Crippen LogP contribution in [0.25, 0.3) is 0 Å². The third-order valence-electron chi connectivity index (χ3n) is 4.40. The Morgan fingerprint density at radius 3 is 2.67 bits per heavy atom. The molecule has 2 aromatic rings. The Kier molecular flexibility index (Phi) is 3.23. The number of rotatable bonds is 2. The van der Waals surface area contributed by atoms with Crippen LogP contribution in [0, 0.1) is 5.82 Å². The lowest BCUT2D eigenvalue weighted by Crippen LogP contribution is -2.44. The van der Waals surface area contributed by atoms with Crippen molar-refractivity contribution in [2.24, 2.45) is 0 Å². The lowest BCUT2D eigenvalue weighted by Gasteiger charge is -2.29. The highest BCUT2D eigenvalue weighted by Crippen LogP contribution is 2.47. The number of fused-ring (bicyclic) bond motifs is 2. The van der Waals surface area contributed by atoms with Crippen molar-refractivity contribution in [3.63, 3.8) is 0 Å². The first-order valence-electron chi connectivity index (χ1n) is 7.63. The number of carbonyl (C=O) groups is 2. The first-order chi connectivity index (χ1) is 11.6. The molecular weight excluding hydrogens is 309 g/mol. The van der Waals surface area contributed by atoms with Crippen LogP contribution in [0.15, 0.2) is 60.9 Å². The summed E-state index contributed by atoms with van der Waals surface area (Å²) in [4.78, 5) is 26.5. The second kappa shape index (κ2) is 5.30. The SMILES string of the molecule is O=C1C=COC2(C1)C(=O)N(Cc1ccccc1)c1ccc(F)cc12. The molecule has 0 fully saturated rings. The molecule has 1 atom stereocenters. The zero-order chi connectivity index (χ0) is 16.7. The molecule has 0 bridgehead atoms. The molecule has 4 rings (SSSR count). The zero-order valence-corrected chi connectivity index (χ0v) is 12.7. The van der Waals surface area contributed by atoms with Gasteiger partial charge in [-0.3, -0.25) is 9.59 Å². The van der Waals surface area contributed by atoms with E-state index >= 15 is 0 Å². The van der Waals surface area contributed by atoms with E-state index in [4.69, 9.17) is 4.74 Å². The molecule has 2 aliphatic rings. The average Bonchev–Trinajstić information content (AvgIpc) is 2.78. The number of allylic oxidation sites excluding steroid dienone is 1. The Labute approximate surface area is 138 Å². The van der Waals surface area contributed by atoms with Crippen molar-refractivity contribution in [1.29, 1.82) is 0 Å². The van der Waals surface area contributed by atoms with Crippen molar-refractivity contribution >= 4 is 17.4 Å². The van der Waals surface area contributed by atoms with Crippen LogP contribution < -0.4 is 4.90 Å². The van der Waals surface area contributed by atoms with Crippen molar-refractivity contribution in [1.82, 2.24) is 0 Å². The molecule has 120 valence electrons. The summed E-state index contributed by atoms with van der Waals surface area (Å²) in [6.45, 7) is 0.335. The van der Waals surface area contributed by atoms with Gasteiger partial charge in [-0.2, -0.15) is 0 Å². The molecule has 5 heteroatoms. The second-order valence-electron chi connectivity index (χ2n) is 5.93. The minimum atomic E-state index is -1.46. The molecule has 2 aromatic carbocycles. The minimum Gasteiger partial charge on any atom is -0.480 e. The first-order valence-corrected chi connectivity index (χ1v) is 7.63. The third-order valence-corrected chi connectivity index (χ3v) is 4.40. The normalized spacial score (nSPS) is 22.0. The van der Waals surface area contributed by atoms with E-state index in [1.165, 1.54) is 24.5 Å². The van der Waals surface area contributed by atoms with Gasteiger partial charge in [-0.05, 0) is 23.8 Å².